The van der Waals surface area contributed by atoms with E-state index < -0.39 is 5.60 Å². The molecule has 0 amide bonds. The molecule has 1 atom stereocenters. The van der Waals surface area contributed by atoms with Gasteiger partial charge in [-0.15, -0.1) is 0 Å². The fourth-order valence-electron chi connectivity index (χ4n) is 1.77. The predicted octanol–water partition coefficient (Wildman–Crippen LogP) is 3.90. The van der Waals surface area contributed by atoms with Gasteiger partial charge in [0, 0.05) is 0 Å². The van der Waals surface area contributed by atoms with E-state index in [1.807, 2.05) is 6.92 Å². The number of hydrogen-bond donors (Lipinski definition) is 1. The van der Waals surface area contributed by atoms with Gasteiger partial charge in [0.15, 0.2) is 0 Å². The van der Waals surface area contributed by atoms with Gasteiger partial charge in [-0.05, 0) is 19.8 Å². The Morgan fingerprint density at radius 3 is 2.00 bits per heavy atom. The molecular formula is C12H26O. The molecule has 1 nitrogen and oxygen atoms in total. The lowest BCUT2D eigenvalue weighted by Crippen LogP contribution is -2.23. The molecule has 1 heteroatoms. The summed E-state index contributed by atoms with van der Waals surface area (Å²) in [5.74, 6) is 0. The molecule has 0 aliphatic heterocycles. The van der Waals surface area contributed by atoms with Crippen LogP contribution in [0, 0.1) is 0 Å². The van der Waals surface area contributed by atoms with E-state index in [-0.39, 0.29) is 0 Å². The molecule has 1 unspecified atom stereocenters. The van der Waals surface area contributed by atoms with E-state index in [0.717, 1.165) is 19.3 Å². The Hall–Kier alpha value is -0.0400. The van der Waals surface area contributed by atoms with E-state index in [9.17, 15) is 5.11 Å². The Morgan fingerprint density at radius 1 is 0.846 bits per heavy atom. The minimum atomic E-state index is -0.402. The molecule has 0 saturated carbocycles. The molecule has 0 fully saturated rings. The monoisotopic (exact) mass is 186 g/mol. The van der Waals surface area contributed by atoms with Crippen LogP contribution in [0.25, 0.3) is 0 Å². The van der Waals surface area contributed by atoms with Gasteiger partial charge in [0.1, 0.15) is 0 Å². The highest BCUT2D eigenvalue weighted by Crippen LogP contribution is 2.20. The highest BCUT2D eigenvalue weighted by Gasteiger charge is 2.17. The summed E-state index contributed by atoms with van der Waals surface area (Å²) in [7, 11) is 0. The topological polar surface area (TPSA) is 20.2 Å². The van der Waals surface area contributed by atoms with Crippen molar-refractivity contribution < 1.29 is 5.11 Å². The summed E-state index contributed by atoms with van der Waals surface area (Å²) in [6, 6.07) is 0. The molecule has 0 bridgehead atoms. The van der Waals surface area contributed by atoms with Crippen LogP contribution in [0.5, 0.6) is 0 Å². The zero-order chi connectivity index (χ0) is 10.2. The van der Waals surface area contributed by atoms with E-state index in [2.05, 4.69) is 13.8 Å². The predicted molar refractivity (Wildman–Crippen MR) is 58.9 cm³/mol. The first-order valence-corrected chi connectivity index (χ1v) is 5.84. The standard InChI is InChI=1S/C12H26O/c1-4-6-7-8-9-11-12(3,13)10-5-2/h13H,4-11H2,1-3H3. The highest BCUT2D eigenvalue weighted by atomic mass is 16.3. The summed E-state index contributed by atoms with van der Waals surface area (Å²) in [6.45, 7) is 6.33. The maximum atomic E-state index is 9.87. The van der Waals surface area contributed by atoms with Crippen molar-refractivity contribution >= 4 is 0 Å². The molecule has 0 heterocycles. The van der Waals surface area contributed by atoms with Crippen molar-refractivity contribution in [2.24, 2.45) is 0 Å². The van der Waals surface area contributed by atoms with Crippen molar-refractivity contribution in [2.45, 2.75) is 77.7 Å². The maximum Gasteiger partial charge on any atom is 0.0619 e. The third kappa shape index (κ3) is 8.29. The Kier molecular flexibility index (Phi) is 7.35. The highest BCUT2D eigenvalue weighted by molar-refractivity contribution is 4.71. The number of unbranched alkanes of at least 4 members (excludes halogenated alkanes) is 4. The minimum Gasteiger partial charge on any atom is -0.390 e. The third-order valence-electron chi connectivity index (χ3n) is 2.61. The van der Waals surface area contributed by atoms with Crippen molar-refractivity contribution in [1.82, 2.24) is 0 Å². The Bertz CT molecular complexity index is 108. The molecule has 0 aliphatic rings. The van der Waals surface area contributed by atoms with Crippen LogP contribution in [-0.2, 0) is 0 Å². The van der Waals surface area contributed by atoms with Gasteiger partial charge in [-0.2, -0.15) is 0 Å². The average Bonchev–Trinajstić information content (AvgIpc) is 2.04. The quantitative estimate of drug-likeness (QED) is 0.570. The molecule has 0 rings (SSSR count). The van der Waals surface area contributed by atoms with E-state index in [0.29, 0.717) is 0 Å². The molecule has 0 aromatic heterocycles. The second kappa shape index (κ2) is 7.37. The molecule has 0 spiro atoms. The smallest absolute Gasteiger partial charge is 0.0619 e. The summed E-state index contributed by atoms with van der Waals surface area (Å²) < 4.78 is 0. The van der Waals surface area contributed by atoms with Crippen molar-refractivity contribution in [3.8, 4) is 0 Å². The van der Waals surface area contributed by atoms with Gasteiger partial charge in [0.2, 0.25) is 0 Å². The number of hydrogen-bond acceptors (Lipinski definition) is 1. The van der Waals surface area contributed by atoms with Gasteiger partial charge in [0.25, 0.3) is 0 Å². The lowest BCUT2D eigenvalue weighted by atomic mass is 9.93. The Morgan fingerprint density at radius 2 is 1.46 bits per heavy atom. The van der Waals surface area contributed by atoms with Gasteiger partial charge >= 0.3 is 0 Å². The normalized spacial score (nSPS) is 15.7. The van der Waals surface area contributed by atoms with Crippen molar-refractivity contribution in [1.29, 1.82) is 0 Å². The lowest BCUT2D eigenvalue weighted by molar-refractivity contribution is 0.0386. The Balaban J connectivity index is 3.29. The van der Waals surface area contributed by atoms with Crippen molar-refractivity contribution in [3.63, 3.8) is 0 Å². The molecule has 0 radical (unpaired) electrons. The van der Waals surface area contributed by atoms with Crippen LogP contribution < -0.4 is 0 Å². The van der Waals surface area contributed by atoms with Crippen molar-refractivity contribution in [2.75, 3.05) is 0 Å². The summed E-state index contributed by atoms with van der Waals surface area (Å²) in [5.41, 5.74) is -0.402. The first-order chi connectivity index (χ1) is 6.12. The van der Waals surface area contributed by atoms with E-state index in [1.165, 1.54) is 32.1 Å². The van der Waals surface area contributed by atoms with Gasteiger partial charge < -0.3 is 5.11 Å². The third-order valence-corrected chi connectivity index (χ3v) is 2.61. The van der Waals surface area contributed by atoms with Crippen LogP contribution >= 0.6 is 0 Å². The zero-order valence-electron chi connectivity index (χ0n) is 9.60. The summed E-state index contributed by atoms with van der Waals surface area (Å²) in [5, 5.41) is 9.87. The maximum absolute atomic E-state index is 9.87. The van der Waals surface area contributed by atoms with Gasteiger partial charge in [-0.1, -0.05) is 52.4 Å². The second-order valence-electron chi connectivity index (χ2n) is 4.41. The van der Waals surface area contributed by atoms with Gasteiger partial charge in [-0.25, -0.2) is 0 Å². The first kappa shape index (κ1) is 13.0. The van der Waals surface area contributed by atoms with Gasteiger partial charge in [-0.3, -0.25) is 0 Å². The fraction of sp³-hybridized carbons (Fsp3) is 1.00. The van der Waals surface area contributed by atoms with Crippen LogP contribution in [0.3, 0.4) is 0 Å². The Labute approximate surface area is 83.5 Å². The fourth-order valence-corrected chi connectivity index (χ4v) is 1.77. The van der Waals surface area contributed by atoms with Crippen LogP contribution in [0.4, 0.5) is 0 Å². The van der Waals surface area contributed by atoms with E-state index >= 15 is 0 Å². The second-order valence-corrected chi connectivity index (χ2v) is 4.41. The first-order valence-electron chi connectivity index (χ1n) is 5.84. The van der Waals surface area contributed by atoms with E-state index in [4.69, 9.17) is 0 Å². The minimum absolute atomic E-state index is 0.402. The van der Waals surface area contributed by atoms with Crippen LogP contribution in [0.1, 0.15) is 72.1 Å². The molecule has 0 saturated heterocycles. The summed E-state index contributed by atoms with van der Waals surface area (Å²) in [4.78, 5) is 0. The van der Waals surface area contributed by atoms with Gasteiger partial charge in [0.05, 0.1) is 5.60 Å². The largest absolute Gasteiger partial charge is 0.390 e. The molecule has 0 aliphatic carbocycles. The molecule has 13 heavy (non-hydrogen) atoms. The van der Waals surface area contributed by atoms with Crippen LogP contribution in [0.15, 0.2) is 0 Å². The molecule has 0 aromatic carbocycles. The summed E-state index contributed by atoms with van der Waals surface area (Å²) in [6.07, 6.45) is 9.45. The molecular weight excluding hydrogens is 160 g/mol. The van der Waals surface area contributed by atoms with Crippen LogP contribution in [0.2, 0.25) is 0 Å². The number of aliphatic hydroxyl groups is 1. The summed E-state index contributed by atoms with van der Waals surface area (Å²) >= 11 is 0. The van der Waals surface area contributed by atoms with Crippen molar-refractivity contribution in [3.05, 3.63) is 0 Å². The van der Waals surface area contributed by atoms with Crippen LogP contribution in [-0.4, -0.2) is 10.7 Å². The average molecular weight is 186 g/mol. The molecule has 0 aromatic rings. The SMILES string of the molecule is CCCCCCCC(C)(O)CCC. The molecule has 80 valence electrons. The molecule has 1 N–H and O–H groups in total. The lowest BCUT2D eigenvalue weighted by Gasteiger charge is -2.22. The van der Waals surface area contributed by atoms with E-state index in [1.54, 1.807) is 0 Å². The zero-order valence-corrected chi connectivity index (χ0v) is 9.60. The number of rotatable bonds is 8.